The van der Waals surface area contributed by atoms with Gasteiger partial charge in [0.05, 0.1) is 26.9 Å². The molecule has 11 heteroatoms. The summed E-state index contributed by atoms with van der Waals surface area (Å²) in [5.41, 5.74) is -1.62. The number of rotatable bonds is 4. The molecule has 2 heterocycles. The summed E-state index contributed by atoms with van der Waals surface area (Å²) in [6, 6.07) is 3.67. The number of carbonyl (C=O) groups is 1. The topological polar surface area (TPSA) is 78.7 Å². The van der Waals surface area contributed by atoms with E-state index in [1.165, 1.54) is 25.3 Å². The summed E-state index contributed by atoms with van der Waals surface area (Å²) >= 11 is 12.3. The fraction of sp³-hybridized carbons (Fsp3) is 0.200. The minimum absolute atomic E-state index is 0.0651. The number of nitrogens with zero attached hydrogens (tertiary/aromatic N) is 3. The number of anilines is 1. The molecule has 1 N–H and O–H groups in total. The number of hydrogen-bond donors (Lipinski definition) is 1. The highest BCUT2D eigenvalue weighted by molar-refractivity contribution is 8.00. The second kappa shape index (κ2) is 8.12. The van der Waals surface area contributed by atoms with E-state index in [9.17, 15) is 18.0 Å². The average molecular weight is 421 g/mol. The molecule has 2 aromatic heterocycles. The Morgan fingerprint density at radius 3 is 2.65 bits per heavy atom. The highest BCUT2D eigenvalue weighted by atomic mass is 35.5. The quantitative estimate of drug-likeness (QED) is 0.724. The number of aromatic nitrogens is 2. The van der Waals surface area contributed by atoms with Crippen LogP contribution in [0.15, 0.2) is 23.4 Å². The van der Waals surface area contributed by atoms with Gasteiger partial charge in [0, 0.05) is 11.9 Å². The Hall–Kier alpha value is -2.02. The van der Waals surface area contributed by atoms with Crippen LogP contribution >= 0.6 is 35.0 Å². The second-order valence-corrected chi connectivity index (χ2v) is 6.73. The summed E-state index contributed by atoms with van der Waals surface area (Å²) < 4.78 is 39.2. The van der Waals surface area contributed by atoms with E-state index in [1.807, 2.05) is 0 Å². The van der Waals surface area contributed by atoms with Crippen LogP contribution in [0.3, 0.4) is 0 Å². The van der Waals surface area contributed by atoms with Gasteiger partial charge in [-0.15, -0.1) is 0 Å². The van der Waals surface area contributed by atoms with Crippen molar-refractivity contribution in [3.05, 3.63) is 45.2 Å². The minimum Gasteiger partial charge on any atom is -0.309 e. The van der Waals surface area contributed by atoms with Gasteiger partial charge in [0.1, 0.15) is 11.1 Å². The van der Waals surface area contributed by atoms with Gasteiger partial charge >= 0.3 is 6.18 Å². The van der Waals surface area contributed by atoms with Crippen LogP contribution in [-0.2, 0) is 11.0 Å². The molecule has 0 aliphatic heterocycles. The zero-order valence-corrected chi connectivity index (χ0v) is 15.3. The third-order valence-corrected chi connectivity index (χ3v) is 4.41. The molecular weight excluding hydrogens is 412 g/mol. The van der Waals surface area contributed by atoms with E-state index in [-0.39, 0.29) is 32.3 Å². The summed E-state index contributed by atoms with van der Waals surface area (Å²) in [6.45, 7) is 1.37. The van der Waals surface area contributed by atoms with E-state index in [0.717, 1.165) is 6.07 Å². The number of nitrogens with one attached hydrogen (secondary N) is 1. The summed E-state index contributed by atoms with van der Waals surface area (Å²) in [5, 5.41) is 11.7. The smallest absolute Gasteiger partial charge is 0.309 e. The summed E-state index contributed by atoms with van der Waals surface area (Å²) in [4.78, 5) is 19.8. The van der Waals surface area contributed by atoms with Gasteiger partial charge in [-0.25, -0.2) is 9.97 Å². The molecule has 0 radical (unpaired) electrons. The molecule has 0 fully saturated rings. The van der Waals surface area contributed by atoms with Gasteiger partial charge in [0.15, 0.2) is 5.82 Å². The predicted octanol–water partition coefficient (Wildman–Crippen LogP) is 4.71. The molecule has 0 aliphatic rings. The van der Waals surface area contributed by atoms with Crippen LogP contribution in [0.1, 0.15) is 16.8 Å². The fourth-order valence-electron chi connectivity index (χ4n) is 1.89. The van der Waals surface area contributed by atoms with Crippen LogP contribution in [0.2, 0.25) is 10.0 Å². The van der Waals surface area contributed by atoms with Crippen LogP contribution < -0.4 is 5.32 Å². The number of aryl methyl sites for hydroxylation is 1. The third-order valence-electron chi connectivity index (χ3n) is 2.94. The molecule has 0 bridgehead atoms. The van der Waals surface area contributed by atoms with Gasteiger partial charge in [-0.2, -0.15) is 18.4 Å². The second-order valence-electron chi connectivity index (χ2n) is 4.92. The van der Waals surface area contributed by atoms with Crippen molar-refractivity contribution in [2.45, 2.75) is 18.1 Å². The molecule has 2 rings (SSSR count). The van der Waals surface area contributed by atoms with Crippen molar-refractivity contribution in [2.75, 3.05) is 11.1 Å². The largest absolute Gasteiger partial charge is 0.417 e. The van der Waals surface area contributed by atoms with E-state index in [4.69, 9.17) is 28.5 Å². The molecule has 5 nitrogen and oxygen atoms in total. The third kappa shape index (κ3) is 5.00. The number of carbonyl (C=O) groups excluding carboxylic acids is 1. The van der Waals surface area contributed by atoms with Crippen molar-refractivity contribution in [3.8, 4) is 6.07 Å². The molecule has 0 atom stereocenters. The van der Waals surface area contributed by atoms with Gasteiger partial charge in [0.25, 0.3) is 0 Å². The minimum atomic E-state index is -4.70. The van der Waals surface area contributed by atoms with Gasteiger partial charge in [-0.1, -0.05) is 35.0 Å². The lowest BCUT2D eigenvalue weighted by atomic mass is 10.1. The van der Waals surface area contributed by atoms with Crippen LogP contribution in [0.4, 0.5) is 19.0 Å². The monoisotopic (exact) mass is 420 g/mol. The Kier molecular flexibility index (Phi) is 6.34. The summed E-state index contributed by atoms with van der Waals surface area (Å²) in [6.07, 6.45) is -3.42. The summed E-state index contributed by atoms with van der Waals surface area (Å²) in [5.74, 6) is -0.800. The molecule has 136 valence electrons. The van der Waals surface area contributed by atoms with Crippen molar-refractivity contribution < 1.29 is 18.0 Å². The fourth-order valence-corrected chi connectivity index (χ4v) is 3.17. The van der Waals surface area contributed by atoms with Crippen LogP contribution in [0, 0.1) is 18.3 Å². The molecule has 1 amide bonds. The normalized spacial score (nSPS) is 11.1. The van der Waals surface area contributed by atoms with Crippen LogP contribution in [0.25, 0.3) is 0 Å². The molecule has 0 aliphatic carbocycles. The highest BCUT2D eigenvalue weighted by Crippen LogP contribution is 2.35. The molecule has 0 saturated carbocycles. The Morgan fingerprint density at radius 2 is 2.08 bits per heavy atom. The molecule has 2 aromatic rings. The molecule has 0 unspecified atom stereocenters. The molecule has 0 saturated heterocycles. The van der Waals surface area contributed by atoms with Gasteiger partial charge in [0.2, 0.25) is 5.91 Å². The lowest BCUT2D eigenvalue weighted by Gasteiger charge is -2.12. The maximum Gasteiger partial charge on any atom is 0.417 e. The number of alkyl halides is 3. The van der Waals surface area contributed by atoms with Gasteiger partial charge in [-0.3, -0.25) is 4.79 Å². The molecular formula is C15H9Cl2F3N4OS. The zero-order chi connectivity index (χ0) is 19.5. The Balaban J connectivity index is 2.17. The number of thioether (sulfide) groups is 1. The number of pyridine rings is 2. The number of nitriles is 1. The lowest BCUT2D eigenvalue weighted by molar-refractivity contribution is -0.138. The van der Waals surface area contributed by atoms with Gasteiger partial charge in [-0.05, 0) is 19.1 Å². The van der Waals surface area contributed by atoms with E-state index in [2.05, 4.69) is 15.3 Å². The Bertz CT molecular complexity index is 900. The first-order chi connectivity index (χ1) is 12.1. The van der Waals surface area contributed by atoms with Crippen molar-refractivity contribution >= 4 is 46.7 Å². The first-order valence-electron chi connectivity index (χ1n) is 6.84. The van der Waals surface area contributed by atoms with E-state index >= 15 is 0 Å². The molecule has 0 aromatic carbocycles. The van der Waals surface area contributed by atoms with Crippen molar-refractivity contribution in [1.82, 2.24) is 9.97 Å². The number of hydrogen-bond acceptors (Lipinski definition) is 5. The molecule has 0 spiro atoms. The maximum absolute atomic E-state index is 13.1. The van der Waals surface area contributed by atoms with E-state index in [0.29, 0.717) is 11.8 Å². The average Bonchev–Trinajstić information content (AvgIpc) is 2.54. The van der Waals surface area contributed by atoms with E-state index in [1.54, 1.807) is 0 Å². The Labute approximate surface area is 160 Å². The van der Waals surface area contributed by atoms with Crippen molar-refractivity contribution in [3.63, 3.8) is 0 Å². The first kappa shape index (κ1) is 20.3. The predicted molar refractivity (Wildman–Crippen MR) is 92.3 cm³/mol. The van der Waals surface area contributed by atoms with E-state index < -0.39 is 23.2 Å². The standard InChI is InChI=1S/C15H9Cl2F3N4OS/c1-7-2-10(15(18,19)20)9(4-21)14(23-7)26-6-12(25)24-13-11(17)3-8(16)5-22-13/h2-3,5H,6H2,1H3,(H,22,24,25). The number of halogens is 5. The summed E-state index contributed by atoms with van der Waals surface area (Å²) in [7, 11) is 0. The first-order valence-corrected chi connectivity index (χ1v) is 8.58. The molecule has 26 heavy (non-hydrogen) atoms. The van der Waals surface area contributed by atoms with Gasteiger partial charge < -0.3 is 5.32 Å². The van der Waals surface area contributed by atoms with Crippen molar-refractivity contribution in [1.29, 1.82) is 5.26 Å². The zero-order valence-electron chi connectivity index (χ0n) is 13.0. The Morgan fingerprint density at radius 1 is 1.38 bits per heavy atom. The SMILES string of the molecule is Cc1cc(C(F)(F)F)c(C#N)c(SCC(=O)Nc2ncc(Cl)cc2Cl)n1. The number of amides is 1. The van der Waals surface area contributed by atoms with Crippen LogP contribution in [0.5, 0.6) is 0 Å². The van der Waals surface area contributed by atoms with Crippen molar-refractivity contribution in [2.24, 2.45) is 0 Å². The maximum atomic E-state index is 13.1. The highest BCUT2D eigenvalue weighted by Gasteiger charge is 2.35. The lowest BCUT2D eigenvalue weighted by Crippen LogP contribution is -2.16. The van der Waals surface area contributed by atoms with Crippen LogP contribution in [-0.4, -0.2) is 21.6 Å².